The van der Waals surface area contributed by atoms with Crippen LogP contribution in [0, 0.1) is 13.8 Å². The molecule has 1 saturated heterocycles. The van der Waals surface area contributed by atoms with E-state index in [0.717, 1.165) is 26.9 Å². The molecule has 1 aliphatic rings. The Balaban J connectivity index is 1.57. The number of benzene rings is 2. The number of hydrogen-bond donors (Lipinski definition) is 1. The molecule has 2 heterocycles. The maximum absolute atomic E-state index is 12.4. The molecular weight excluding hydrogens is 507 g/mol. The summed E-state index contributed by atoms with van der Waals surface area (Å²) in [5, 5.41) is 4.38. The fourth-order valence-corrected chi connectivity index (χ4v) is 4.53. The van der Waals surface area contributed by atoms with Crippen molar-refractivity contribution in [2.24, 2.45) is 4.99 Å². The van der Waals surface area contributed by atoms with E-state index in [-0.39, 0.29) is 5.91 Å². The summed E-state index contributed by atoms with van der Waals surface area (Å²) in [5.74, 6) is 0.929. The van der Waals surface area contributed by atoms with Gasteiger partial charge in [-0.25, -0.2) is 4.99 Å². The first-order valence-electron chi connectivity index (χ1n) is 8.92. The molecule has 152 valence electrons. The van der Waals surface area contributed by atoms with Crippen molar-refractivity contribution >= 4 is 73.7 Å². The zero-order valence-corrected chi connectivity index (χ0v) is 19.8. The van der Waals surface area contributed by atoms with Crippen LogP contribution in [0.4, 0.5) is 5.69 Å². The van der Waals surface area contributed by atoms with Gasteiger partial charge in [0.2, 0.25) is 0 Å². The molecule has 1 fully saturated rings. The molecule has 1 aromatic heterocycles. The normalized spacial score (nSPS) is 16.5. The molecule has 0 spiro atoms. The van der Waals surface area contributed by atoms with Gasteiger partial charge in [-0.1, -0.05) is 39.1 Å². The molecule has 1 N–H and O–H groups in total. The van der Waals surface area contributed by atoms with Crippen LogP contribution in [-0.4, -0.2) is 11.1 Å². The maximum Gasteiger partial charge on any atom is 0.264 e. The van der Waals surface area contributed by atoms with Gasteiger partial charge in [-0.3, -0.25) is 4.79 Å². The van der Waals surface area contributed by atoms with Crippen LogP contribution < -0.4 is 5.32 Å². The Morgan fingerprint density at radius 1 is 1.10 bits per heavy atom. The molecule has 30 heavy (non-hydrogen) atoms. The Hall–Kier alpha value is -1.99. The van der Waals surface area contributed by atoms with Gasteiger partial charge in [0.1, 0.15) is 11.5 Å². The van der Waals surface area contributed by atoms with Gasteiger partial charge in [0.05, 0.1) is 15.6 Å². The molecular formula is C22H15BrCl2N2O2S. The summed E-state index contributed by atoms with van der Waals surface area (Å²) in [4.78, 5) is 17.4. The Labute approximate surface area is 196 Å². The zero-order valence-electron chi connectivity index (χ0n) is 15.9. The third kappa shape index (κ3) is 4.52. The zero-order chi connectivity index (χ0) is 21.4. The summed E-state index contributed by atoms with van der Waals surface area (Å²) in [6, 6.07) is 12.7. The third-order valence-electron chi connectivity index (χ3n) is 4.40. The molecule has 4 nitrogen and oxygen atoms in total. The number of nitrogens with one attached hydrogen (secondary N) is 1. The van der Waals surface area contributed by atoms with Crippen molar-refractivity contribution in [1.82, 2.24) is 5.32 Å². The summed E-state index contributed by atoms with van der Waals surface area (Å²) in [6.07, 6.45) is 1.69. The second-order valence-electron chi connectivity index (χ2n) is 6.70. The number of carbonyl (C=O) groups excluding carboxylic acids is 1. The average molecular weight is 522 g/mol. The molecule has 0 unspecified atom stereocenters. The first-order valence-corrected chi connectivity index (χ1v) is 11.3. The molecule has 0 aliphatic carbocycles. The number of aryl methyl sites for hydroxylation is 2. The minimum atomic E-state index is -0.216. The highest BCUT2D eigenvalue weighted by Crippen LogP contribution is 2.34. The molecule has 1 amide bonds. The molecule has 4 rings (SSSR count). The van der Waals surface area contributed by atoms with E-state index < -0.39 is 0 Å². The van der Waals surface area contributed by atoms with Gasteiger partial charge >= 0.3 is 0 Å². The predicted molar refractivity (Wildman–Crippen MR) is 129 cm³/mol. The van der Waals surface area contributed by atoms with Crippen LogP contribution in [0.15, 0.2) is 61.3 Å². The Morgan fingerprint density at radius 3 is 2.53 bits per heavy atom. The Morgan fingerprint density at radius 2 is 1.83 bits per heavy atom. The Kier molecular flexibility index (Phi) is 6.11. The summed E-state index contributed by atoms with van der Waals surface area (Å²) in [5.41, 5.74) is 3.69. The van der Waals surface area contributed by atoms with E-state index >= 15 is 0 Å². The Bertz CT molecular complexity index is 1210. The first kappa shape index (κ1) is 21.2. The molecule has 0 saturated carbocycles. The van der Waals surface area contributed by atoms with Crippen molar-refractivity contribution in [1.29, 1.82) is 0 Å². The minimum absolute atomic E-state index is 0.216. The summed E-state index contributed by atoms with van der Waals surface area (Å²) < 4.78 is 6.92. The summed E-state index contributed by atoms with van der Waals surface area (Å²) in [6.45, 7) is 4.02. The summed E-state index contributed by atoms with van der Waals surface area (Å²) >= 11 is 17.0. The van der Waals surface area contributed by atoms with Crippen LogP contribution in [0.25, 0.3) is 17.4 Å². The van der Waals surface area contributed by atoms with Crippen LogP contribution in [0.2, 0.25) is 10.0 Å². The van der Waals surface area contributed by atoms with E-state index in [2.05, 4.69) is 26.2 Å². The number of aliphatic imine (C=N–C) groups is 1. The van der Waals surface area contributed by atoms with Gasteiger partial charge < -0.3 is 9.73 Å². The van der Waals surface area contributed by atoms with Crippen molar-refractivity contribution < 1.29 is 9.21 Å². The van der Waals surface area contributed by atoms with E-state index in [4.69, 9.17) is 27.6 Å². The van der Waals surface area contributed by atoms with Crippen molar-refractivity contribution in [3.05, 3.63) is 78.8 Å². The van der Waals surface area contributed by atoms with Crippen molar-refractivity contribution in [2.45, 2.75) is 13.8 Å². The number of hydrogen-bond acceptors (Lipinski definition) is 4. The maximum atomic E-state index is 12.4. The van der Waals surface area contributed by atoms with Crippen LogP contribution >= 0.6 is 50.9 Å². The number of nitrogens with zero attached hydrogens (tertiary/aromatic N) is 1. The van der Waals surface area contributed by atoms with Crippen LogP contribution in [0.1, 0.15) is 16.9 Å². The average Bonchev–Trinajstić information content (AvgIpc) is 3.26. The van der Waals surface area contributed by atoms with E-state index in [0.29, 0.717) is 31.6 Å². The van der Waals surface area contributed by atoms with Gasteiger partial charge in [0, 0.05) is 21.1 Å². The topological polar surface area (TPSA) is 54.6 Å². The highest BCUT2D eigenvalue weighted by atomic mass is 79.9. The molecule has 0 radical (unpaired) electrons. The number of rotatable bonds is 3. The number of carbonyl (C=O) groups is 1. The van der Waals surface area contributed by atoms with E-state index in [1.165, 1.54) is 11.8 Å². The van der Waals surface area contributed by atoms with E-state index in [1.54, 1.807) is 36.4 Å². The van der Waals surface area contributed by atoms with Gasteiger partial charge in [-0.05, 0) is 79.2 Å². The smallest absolute Gasteiger partial charge is 0.264 e. The number of furan rings is 1. The van der Waals surface area contributed by atoms with E-state index in [9.17, 15) is 4.79 Å². The standard InChI is InChI=1S/C22H15BrCl2N2O2S/c1-11-7-14(8-12(2)20(11)23)26-22-27-21(28)19(30-22)10-15-4-6-18(29-15)16-5-3-13(24)9-17(16)25/h3-10H,1-2H3,(H,26,27,28)/b19-10+. The SMILES string of the molecule is Cc1cc(N=C2NC(=O)/C(=C\c3ccc(-c4ccc(Cl)cc4Cl)o3)S2)cc(C)c1Br. The first-order chi connectivity index (χ1) is 14.3. The van der Waals surface area contributed by atoms with Crippen molar-refractivity contribution in [2.75, 3.05) is 0 Å². The molecule has 2 aromatic carbocycles. The van der Waals surface area contributed by atoms with Gasteiger partial charge in [0.15, 0.2) is 5.17 Å². The molecule has 0 atom stereocenters. The van der Waals surface area contributed by atoms with Crippen molar-refractivity contribution in [3.8, 4) is 11.3 Å². The number of amides is 1. The molecule has 0 bridgehead atoms. The number of amidine groups is 1. The van der Waals surface area contributed by atoms with Gasteiger partial charge in [-0.15, -0.1) is 0 Å². The quantitative estimate of drug-likeness (QED) is 0.362. The molecule has 8 heteroatoms. The lowest BCUT2D eigenvalue weighted by Crippen LogP contribution is -2.19. The second-order valence-corrected chi connectivity index (χ2v) is 9.37. The monoisotopic (exact) mass is 520 g/mol. The highest BCUT2D eigenvalue weighted by Gasteiger charge is 2.24. The number of halogens is 3. The van der Waals surface area contributed by atoms with E-state index in [1.807, 2.05) is 26.0 Å². The molecule has 1 aliphatic heterocycles. The number of thioether (sulfide) groups is 1. The lowest BCUT2D eigenvalue weighted by atomic mass is 10.1. The second kappa shape index (κ2) is 8.63. The van der Waals surface area contributed by atoms with Gasteiger partial charge in [-0.2, -0.15) is 0 Å². The largest absolute Gasteiger partial charge is 0.457 e. The van der Waals surface area contributed by atoms with Crippen molar-refractivity contribution in [3.63, 3.8) is 0 Å². The fourth-order valence-electron chi connectivity index (χ4n) is 2.98. The van der Waals surface area contributed by atoms with Crippen LogP contribution in [-0.2, 0) is 4.79 Å². The van der Waals surface area contributed by atoms with Crippen LogP contribution in [0.5, 0.6) is 0 Å². The third-order valence-corrected chi connectivity index (χ3v) is 7.11. The van der Waals surface area contributed by atoms with Gasteiger partial charge in [0.25, 0.3) is 5.91 Å². The highest BCUT2D eigenvalue weighted by molar-refractivity contribution is 9.10. The lowest BCUT2D eigenvalue weighted by molar-refractivity contribution is -0.115. The lowest BCUT2D eigenvalue weighted by Gasteiger charge is -2.04. The predicted octanol–water partition coefficient (Wildman–Crippen LogP) is 7.52. The molecule has 3 aromatic rings. The summed E-state index contributed by atoms with van der Waals surface area (Å²) in [7, 11) is 0. The van der Waals surface area contributed by atoms with Crippen LogP contribution in [0.3, 0.4) is 0 Å². The minimum Gasteiger partial charge on any atom is -0.457 e. The fraction of sp³-hybridized carbons (Fsp3) is 0.0909.